The van der Waals surface area contributed by atoms with Gasteiger partial charge in [-0.3, -0.25) is 4.79 Å². The number of hydrogen-bond donors (Lipinski definition) is 2. The molecule has 0 saturated carbocycles. The molecule has 0 atom stereocenters. The first kappa shape index (κ1) is 12.9. The normalized spacial score (nSPS) is 10.2. The summed E-state index contributed by atoms with van der Waals surface area (Å²) in [6.07, 6.45) is 3.71. The lowest BCUT2D eigenvalue weighted by Crippen LogP contribution is -2.12. The van der Waals surface area contributed by atoms with Gasteiger partial charge in [-0.1, -0.05) is 11.6 Å². The third-order valence-corrected chi connectivity index (χ3v) is 2.55. The number of nitrogens with two attached hydrogens (primary N) is 1. The Morgan fingerprint density at radius 3 is 2.94 bits per heavy atom. The van der Waals surface area contributed by atoms with Crippen LogP contribution in [-0.4, -0.2) is 17.4 Å². The lowest BCUT2D eigenvalue weighted by Gasteiger charge is -2.05. The second-order valence-electron chi connectivity index (χ2n) is 3.63. The minimum Gasteiger partial charge on any atom is -0.330 e. The molecule has 0 aliphatic carbocycles. The zero-order valence-corrected chi connectivity index (χ0v) is 10.0. The summed E-state index contributed by atoms with van der Waals surface area (Å²) in [5, 5.41) is 3.23. The Labute approximate surface area is 100 Å². The van der Waals surface area contributed by atoms with Gasteiger partial charge in [0.2, 0.25) is 5.91 Å². The molecule has 1 amide bonds. The van der Waals surface area contributed by atoms with E-state index in [9.17, 15) is 4.79 Å². The first-order valence-electron chi connectivity index (χ1n) is 5.25. The van der Waals surface area contributed by atoms with Crippen LogP contribution in [0.5, 0.6) is 0 Å². The van der Waals surface area contributed by atoms with Crippen molar-refractivity contribution in [1.29, 1.82) is 0 Å². The van der Waals surface area contributed by atoms with Gasteiger partial charge in [0.1, 0.15) is 5.15 Å². The quantitative estimate of drug-likeness (QED) is 0.613. The summed E-state index contributed by atoms with van der Waals surface area (Å²) in [7, 11) is 0. The average molecular weight is 242 g/mol. The van der Waals surface area contributed by atoms with Crippen molar-refractivity contribution in [3.63, 3.8) is 0 Å². The van der Waals surface area contributed by atoms with Crippen molar-refractivity contribution in [2.75, 3.05) is 11.9 Å². The molecule has 88 valence electrons. The topological polar surface area (TPSA) is 68.0 Å². The molecular weight excluding hydrogens is 226 g/mol. The molecule has 4 nitrogen and oxygen atoms in total. The monoisotopic (exact) mass is 241 g/mol. The average Bonchev–Trinajstić information content (AvgIpc) is 2.24. The maximum Gasteiger partial charge on any atom is 0.224 e. The molecule has 3 N–H and O–H groups in total. The Kier molecular flexibility index (Phi) is 5.22. The zero-order valence-electron chi connectivity index (χ0n) is 9.29. The van der Waals surface area contributed by atoms with Crippen molar-refractivity contribution in [3.05, 3.63) is 23.0 Å². The third-order valence-electron chi connectivity index (χ3n) is 2.16. The van der Waals surface area contributed by atoms with Crippen LogP contribution in [0.4, 0.5) is 5.69 Å². The molecule has 0 spiro atoms. The van der Waals surface area contributed by atoms with Gasteiger partial charge in [0.15, 0.2) is 0 Å². The number of halogens is 1. The highest BCUT2D eigenvalue weighted by molar-refractivity contribution is 6.30. The number of aryl methyl sites for hydroxylation is 1. The highest BCUT2D eigenvalue weighted by Crippen LogP contribution is 2.16. The van der Waals surface area contributed by atoms with Crippen molar-refractivity contribution in [2.45, 2.75) is 26.2 Å². The van der Waals surface area contributed by atoms with Crippen molar-refractivity contribution < 1.29 is 4.79 Å². The summed E-state index contributed by atoms with van der Waals surface area (Å²) in [5.74, 6) is -0.0167. The van der Waals surface area contributed by atoms with E-state index in [4.69, 9.17) is 17.3 Å². The largest absolute Gasteiger partial charge is 0.330 e. The lowest BCUT2D eigenvalue weighted by molar-refractivity contribution is -0.116. The first-order valence-corrected chi connectivity index (χ1v) is 5.63. The fourth-order valence-electron chi connectivity index (χ4n) is 1.28. The summed E-state index contributed by atoms with van der Waals surface area (Å²) in [6.45, 7) is 2.47. The number of nitrogens with zero attached hydrogens (tertiary/aromatic N) is 1. The lowest BCUT2D eigenvalue weighted by atomic mass is 10.2. The number of rotatable bonds is 5. The molecule has 0 radical (unpaired) electrons. The number of carbonyl (C=O) groups is 1. The molecular formula is C11H16ClN3O. The van der Waals surface area contributed by atoms with E-state index in [1.54, 1.807) is 12.3 Å². The van der Waals surface area contributed by atoms with Gasteiger partial charge in [-0.15, -0.1) is 0 Å². The van der Waals surface area contributed by atoms with E-state index >= 15 is 0 Å². The van der Waals surface area contributed by atoms with Gasteiger partial charge < -0.3 is 11.1 Å². The summed E-state index contributed by atoms with van der Waals surface area (Å²) >= 11 is 5.78. The van der Waals surface area contributed by atoms with Crippen LogP contribution >= 0.6 is 11.6 Å². The molecule has 0 unspecified atom stereocenters. The van der Waals surface area contributed by atoms with Gasteiger partial charge in [0.05, 0.1) is 11.9 Å². The number of unbranched alkanes of at least 4 members (excludes halogenated alkanes) is 1. The SMILES string of the molecule is Cc1cc(NC(=O)CCCCN)cnc1Cl. The summed E-state index contributed by atoms with van der Waals surface area (Å²) in [5.41, 5.74) is 6.88. The molecule has 0 aliphatic rings. The smallest absolute Gasteiger partial charge is 0.224 e. The van der Waals surface area contributed by atoms with Crippen LogP contribution in [0, 0.1) is 6.92 Å². The number of nitrogens with one attached hydrogen (secondary N) is 1. The van der Waals surface area contributed by atoms with Gasteiger partial charge in [0.25, 0.3) is 0 Å². The van der Waals surface area contributed by atoms with Crippen molar-refractivity contribution in [1.82, 2.24) is 4.98 Å². The Bertz CT molecular complexity index is 368. The predicted molar refractivity (Wildman–Crippen MR) is 65.5 cm³/mol. The molecule has 1 aromatic rings. The summed E-state index contributed by atoms with van der Waals surface area (Å²) in [4.78, 5) is 15.4. The van der Waals surface area contributed by atoms with Gasteiger partial charge >= 0.3 is 0 Å². The maximum absolute atomic E-state index is 11.5. The molecule has 1 rings (SSSR count). The minimum atomic E-state index is -0.0167. The van der Waals surface area contributed by atoms with E-state index in [0.29, 0.717) is 23.8 Å². The van der Waals surface area contributed by atoms with Crippen molar-refractivity contribution >= 4 is 23.2 Å². The minimum absolute atomic E-state index is 0.0167. The van der Waals surface area contributed by atoms with Crippen molar-refractivity contribution in [2.24, 2.45) is 5.73 Å². The second-order valence-corrected chi connectivity index (χ2v) is 3.98. The standard InChI is InChI=1S/C11H16ClN3O/c1-8-6-9(7-14-11(8)12)15-10(16)4-2-3-5-13/h6-7H,2-5,13H2,1H3,(H,15,16). The van der Waals surface area contributed by atoms with Crippen molar-refractivity contribution in [3.8, 4) is 0 Å². The Morgan fingerprint density at radius 1 is 1.56 bits per heavy atom. The van der Waals surface area contributed by atoms with E-state index in [1.165, 1.54) is 0 Å². The van der Waals surface area contributed by atoms with Crippen LogP contribution in [0.3, 0.4) is 0 Å². The van der Waals surface area contributed by atoms with Crippen LogP contribution in [0.2, 0.25) is 5.15 Å². The number of aromatic nitrogens is 1. The van der Waals surface area contributed by atoms with Crippen LogP contribution < -0.4 is 11.1 Å². The highest BCUT2D eigenvalue weighted by atomic mass is 35.5. The summed E-state index contributed by atoms with van der Waals surface area (Å²) < 4.78 is 0. The fourth-order valence-corrected chi connectivity index (χ4v) is 1.38. The fraction of sp³-hybridized carbons (Fsp3) is 0.455. The first-order chi connectivity index (χ1) is 7.63. The predicted octanol–water partition coefficient (Wildman–Crippen LogP) is 2.11. The van der Waals surface area contributed by atoms with Crippen LogP contribution in [0.15, 0.2) is 12.3 Å². The van der Waals surface area contributed by atoms with E-state index < -0.39 is 0 Å². The van der Waals surface area contributed by atoms with E-state index in [-0.39, 0.29) is 5.91 Å². The van der Waals surface area contributed by atoms with Gasteiger partial charge in [0, 0.05) is 6.42 Å². The molecule has 16 heavy (non-hydrogen) atoms. The molecule has 0 saturated heterocycles. The van der Waals surface area contributed by atoms with E-state index in [2.05, 4.69) is 10.3 Å². The number of hydrogen-bond acceptors (Lipinski definition) is 3. The van der Waals surface area contributed by atoms with Crippen LogP contribution in [-0.2, 0) is 4.79 Å². The van der Waals surface area contributed by atoms with Gasteiger partial charge in [-0.25, -0.2) is 4.98 Å². The Hall–Kier alpha value is -1.13. The zero-order chi connectivity index (χ0) is 12.0. The van der Waals surface area contributed by atoms with Crippen LogP contribution in [0.25, 0.3) is 0 Å². The number of anilines is 1. The van der Waals surface area contributed by atoms with Crippen LogP contribution in [0.1, 0.15) is 24.8 Å². The van der Waals surface area contributed by atoms with Gasteiger partial charge in [-0.05, 0) is 37.9 Å². The van der Waals surface area contributed by atoms with E-state index in [0.717, 1.165) is 18.4 Å². The maximum atomic E-state index is 11.5. The van der Waals surface area contributed by atoms with E-state index in [1.807, 2.05) is 6.92 Å². The number of amides is 1. The molecule has 1 heterocycles. The molecule has 0 aliphatic heterocycles. The molecule has 0 aromatic carbocycles. The molecule has 0 bridgehead atoms. The third kappa shape index (κ3) is 4.16. The molecule has 1 aromatic heterocycles. The second kappa shape index (κ2) is 6.45. The number of carbonyl (C=O) groups excluding carboxylic acids is 1. The molecule has 5 heteroatoms. The Morgan fingerprint density at radius 2 is 2.31 bits per heavy atom. The molecule has 0 fully saturated rings. The highest BCUT2D eigenvalue weighted by Gasteiger charge is 2.03. The summed E-state index contributed by atoms with van der Waals surface area (Å²) in [6, 6.07) is 1.80. The van der Waals surface area contributed by atoms with Gasteiger partial charge in [-0.2, -0.15) is 0 Å². The Balaban J connectivity index is 2.46. The number of pyridine rings is 1.